The van der Waals surface area contributed by atoms with Crippen molar-refractivity contribution in [2.45, 2.75) is 20.3 Å². The minimum absolute atomic E-state index is 0.432. The number of benzene rings is 1. The van der Waals surface area contributed by atoms with Gasteiger partial charge in [0.05, 0.1) is 18.8 Å². The molecule has 0 saturated heterocycles. The van der Waals surface area contributed by atoms with Gasteiger partial charge in [-0.15, -0.1) is 0 Å². The second kappa shape index (κ2) is 4.37. The number of carboxylic acids is 1. The summed E-state index contributed by atoms with van der Waals surface area (Å²) in [6, 6.07) is 5.53. The minimum Gasteiger partial charge on any atom is -0.497 e. The van der Waals surface area contributed by atoms with Crippen LogP contribution in [0.15, 0.2) is 28.9 Å². The van der Waals surface area contributed by atoms with E-state index >= 15 is 0 Å². The van der Waals surface area contributed by atoms with Crippen LogP contribution in [0.1, 0.15) is 19.4 Å². The van der Waals surface area contributed by atoms with E-state index in [1.807, 2.05) is 12.1 Å². The van der Waals surface area contributed by atoms with E-state index in [4.69, 9.17) is 14.3 Å². The quantitative estimate of drug-likeness (QED) is 0.903. The van der Waals surface area contributed by atoms with Gasteiger partial charge in [0.1, 0.15) is 11.3 Å². The van der Waals surface area contributed by atoms with E-state index in [0.717, 1.165) is 16.7 Å². The van der Waals surface area contributed by atoms with Gasteiger partial charge in [-0.05, 0) is 38.0 Å². The van der Waals surface area contributed by atoms with Crippen LogP contribution in [0, 0.1) is 5.41 Å². The fraction of sp³-hybridized carbons (Fsp3) is 0.357. The second-order valence-corrected chi connectivity index (χ2v) is 4.99. The van der Waals surface area contributed by atoms with E-state index in [2.05, 4.69) is 0 Å². The number of fused-ring (bicyclic) bond motifs is 1. The average Bonchev–Trinajstić information content (AvgIpc) is 2.71. The van der Waals surface area contributed by atoms with Crippen LogP contribution in [0.2, 0.25) is 0 Å². The molecule has 96 valence electrons. The number of hydrogen-bond donors (Lipinski definition) is 1. The zero-order valence-electron chi connectivity index (χ0n) is 10.7. The minimum atomic E-state index is -0.814. The molecule has 0 aliphatic carbocycles. The summed E-state index contributed by atoms with van der Waals surface area (Å²) in [5, 5.41) is 10.1. The maximum Gasteiger partial charge on any atom is 0.309 e. The van der Waals surface area contributed by atoms with Gasteiger partial charge in [-0.1, -0.05) is 0 Å². The molecule has 2 aromatic rings. The molecule has 0 bridgehead atoms. The van der Waals surface area contributed by atoms with E-state index in [0.29, 0.717) is 12.0 Å². The lowest BCUT2D eigenvalue weighted by Gasteiger charge is -2.17. The molecule has 4 heteroatoms. The Bertz CT molecular complexity index is 580. The molecule has 0 amide bonds. The number of carbonyl (C=O) groups is 1. The Kier molecular flexibility index (Phi) is 3.03. The summed E-state index contributed by atoms with van der Waals surface area (Å²) in [5.74, 6) is -0.0914. The normalized spacial score (nSPS) is 11.7. The van der Waals surface area contributed by atoms with Gasteiger partial charge in [-0.2, -0.15) is 0 Å². The first kappa shape index (κ1) is 12.5. The van der Waals surface area contributed by atoms with Gasteiger partial charge in [0.25, 0.3) is 0 Å². The molecule has 18 heavy (non-hydrogen) atoms. The maximum absolute atomic E-state index is 11.1. The van der Waals surface area contributed by atoms with E-state index < -0.39 is 11.4 Å². The Labute approximate surface area is 105 Å². The topological polar surface area (TPSA) is 59.7 Å². The Morgan fingerprint density at radius 1 is 1.44 bits per heavy atom. The third-order valence-corrected chi connectivity index (χ3v) is 3.07. The first-order valence-corrected chi connectivity index (χ1v) is 5.71. The van der Waals surface area contributed by atoms with E-state index in [-0.39, 0.29) is 0 Å². The van der Waals surface area contributed by atoms with E-state index in [1.54, 1.807) is 33.3 Å². The highest BCUT2D eigenvalue weighted by Crippen LogP contribution is 2.30. The first-order valence-electron chi connectivity index (χ1n) is 5.71. The lowest BCUT2D eigenvalue weighted by Crippen LogP contribution is -2.26. The number of carboxylic acid groups (broad SMARTS) is 1. The number of rotatable bonds is 4. The predicted octanol–water partition coefficient (Wildman–Crippen LogP) is 3.09. The van der Waals surface area contributed by atoms with Crippen molar-refractivity contribution < 1.29 is 19.1 Å². The van der Waals surface area contributed by atoms with Crippen LogP contribution in [0.3, 0.4) is 0 Å². The highest BCUT2D eigenvalue weighted by Gasteiger charge is 2.28. The average molecular weight is 248 g/mol. The molecular weight excluding hydrogens is 232 g/mol. The van der Waals surface area contributed by atoms with Crippen molar-refractivity contribution in [2.75, 3.05) is 7.11 Å². The molecule has 1 N–H and O–H groups in total. The Morgan fingerprint density at radius 3 is 2.78 bits per heavy atom. The fourth-order valence-electron chi connectivity index (χ4n) is 1.88. The molecule has 0 fully saturated rings. The zero-order valence-corrected chi connectivity index (χ0v) is 10.7. The Morgan fingerprint density at radius 2 is 2.17 bits per heavy atom. The molecule has 0 aliphatic heterocycles. The van der Waals surface area contributed by atoms with Crippen LogP contribution < -0.4 is 4.74 Å². The predicted molar refractivity (Wildman–Crippen MR) is 67.9 cm³/mol. The van der Waals surface area contributed by atoms with Gasteiger partial charge in [0.15, 0.2) is 0 Å². The highest BCUT2D eigenvalue weighted by molar-refractivity contribution is 5.83. The van der Waals surface area contributed by atoms with Crippen molar-refractivity contribution in [1.82, 2.24) is 0 Å². The van der Waals surface area contributed by atoms with Gasteiger partial charge in [-0.25, -0.2) is 0 Å². The van der Waals surface area contributed by atoms with Gasteiger partial charge >= 0.3 is 5.97 Å². The molecule has 1 aromatic carbocycles. The summed E-state index contributed by atoms with van der Waals surface area (Å²) in [5.41, 5.74) is 0.807. The van der Waals surface area contributed by atoms with Crippen LogP contribution in [0.5, 0.6) is 5.75 Å². The SMILES string of the molecule is COc1ccc2c(CC(C)(C)C(=O)O)coc2c1. The number of methoxy groups -OCH3 is 1. The summed E-state index contributed by atoms with van der Waals surface area (Å²) in [4.78, 5) is 11.1. The molecule has 0 radical (unpaired) electrons. The Hall–Kier alpha value is -1.97. The molecule has 0 spiro atoms. The molecule has 0 atom stereocenters. The van der Waals surface area contributed by atoms with Gasteiger partial charge in [0.2, 0.25) is 0 Å². The highest BCUT2D eigenvalue weighted by atomic mass is 16.5. The Balaban J connectivity index is 2.38. The van der Waals surface area contributed by atoms with Crippen molar-refractivity contribution in [3.8, 4) is 5.75 Å². The number of ether oxygens (including phenoxy) is 1. The molecule has 0 saturated carbocycles. The summed E-state index contributed by atoms with van der Waals surface area (Å²) in [7, 11) is 1.60. The second-order valence-electron chi connectivity index (χ2n) is 4.99. The molecule has 2 rings (SSSR count). The first-order chi connectivity index (χ1) is 8.44. The third kappa shape index (κ3) is 2.18. The number of furan rings is 1. The largest absolute Gasteiger partial charge is 0.497 e. The van der Waals surface area contributed by atoms with Crippen LogP contribution in [-0.2, 0) is 11.2 Å². The van der Waals surface area contributed by atoms with Gasteiger partial charge in [0, 0.05) is 11.5 Å². The smallest absolute Gasteiger partial charge is 0.309 e. The molecule has 4 nitrogen and oxygen atoms in total. The maximum atomic E-state index is 11.1. The van der Waals surface area contributed by atoms with Crippen molar-refractivity contribution in [2.24, 2.45) is 5.41 Å². The monoisotopic (exact) mass is 248 g/mol. The lowest BCUT2D eigenvalue weighted by atomic mass is 9.86. The third-order valence-electron chi connectivity index (χ3n) is 3.07. The standard InChI is InChI=1S/C14H16O4/c1-14(2,13(15)16)7-9-8-18-12-6-10(17-3)4-5-11(9)12/h4-6,8H,7H2,1-3H3,(H,15,16). The summed E-state index contributed by atoms with van der Waals surface area (Å²) in [6.07, 6.45) is 2.05. The van der Waals surface area contributed by atoms with Gasteiger partial charge in [-0.3, -0.25) is 4.79 Å². The zero-order chi connectivity index (χ0) is 13.3. The molecule has 1 aromatic heterocycles. The molecule has 0 aliphatic rings. The number of aliphatic carboxylic acids is 1. The number of hydrogen-bond acceptors (Lipinski definition) is 3. The van der Waals surface area contributed by atoms with Crippen LogP contribution in [-0.4, -0.2) is 18.2 Å². The molecular formula is C14H16O4. The molecule has 1 heterocycles. The lowest BCUT2D eigenvalue weighted by molar-refractivity contribution is -0.146. The van der Waals surface area contributed by atoms with Crippen LogP contribution in [0.4, 0.5) is 0 Å². The summed E-state index contributed by atoms with van der Waals surface area (Å²) < 4.78 is 10.6. The molecule has 0 unspecified atom stereocenters. The fourth-order valence-corrected chi connectivity index (χ4v) is 1.88. The van der Waals surface area contributed by atoms with Gasteiger partial charge < -0.3 is 14.3 Å². The van der Waals surface area contributed by atoms with Crippen LogP contribution >= 0.6 is 0 Å². The van der Waals surface area contributed by atoms with Crippen molar-refractivity contribution in [3.05, 3.63) is 30.0 Å². The summed E-state index contributed by atoms with van der Waals surface area (Å²) >= 11 is 0. The van der Waals surface area contributed by atoms with Crippen molar-refractivity contribution in [3.63, 3.8) is 0 Å². The van der Waals surface area contributed by atoms with E-state index in [1.165, 1.54) is 0 Å². The van der Waals surface area contributed by atoms with E-state index in [9.17, 15) is 4.79 Å². The van der Waals surface area contributed by atoms with Crippen molar-refractivity contribution in [1.29, 1.82) is 0 Å². The van der Waals surface area contributed by atoms with Crippen LogP contribution in [0.25, 0.3) is 11.0 Å². The summed E-state index contributed by atoms with van der Waals surface area (Å²) in [6.45, 7) is 3.41. The van der Waals surface area contributed by atoms with Crippen molar-refractivity contribution >= 4 is 16.9 Å².